The van der Waals surface area contributed by atoms with Gasteiger partial charge in [-0.3, -0.25) is 0 Å². The van der Waals surface area contributed by atoms with E-state index in [9.17, 15) is 10.1 Å². The summed E-state index contributed by atoms with van der Waals surface area (Å²) in [7, 11) is 0. The number of aryl methyl sites for hydroxylation is 2. The summed E-state index contributed by atoms with van der Waals surface area (Å²) in [6.45, 7) is 2.53. The third-order valence-corrected chi connectivity index (χ3v) is 3.32. The Hall–Kier alpha value is -1.76. The molecule has 2 aromatic heterocycles. The first-order valence-electron chi connectivity index (χ1n) is 5.01. The molecule has 2 aromatic rings. The summed E-state index contributed by atoms with van der Waals surface area (Å²) in [5.74, 6) is 1.56. The van der Waals surface area contributed by atoms with Gasteiger partial charge in [-0.2, -0.15) is 4.68 Å². The summed E-state index contributed by atoms with van der Waals surface area (Å²) in [5, 5.41) is 14.3. The average molecular weight is 253 g/mol. The standard InChI is InChI=1S/C10H11N3O3S/c1-8-9(3-6-16-8)17-7-5-12-4-2-10(11-12)13(14)15/h2-4,6H,5,7H2,1H3. The third-order valence-electron chi connectivity index (χ3n) is 2.20. The zero-order chi connectivity index (χ0) is 12.3. The van der Waals surface area contributed by atoms with Crippen LogP contribution in [0.25, 0.3) is 0 Å². The molecule has 0 aliphatic carbocycles. The quantitative estimate of drug-likeness (QED) is 0.465. The first-order chi connectivity index (χ1) is 8.16. The second kappa shape index (κ2) is 5.05. The van der Waals surface area contributed by atoms with Crippen molar-refractivity contribution in [2.45, 2.75) is 18.4 Å². The number of nitro groups is 1. The van der Waals surface area contributed by atoms with Gasteiger partial charge < -0.3 is 14.5 Å². The lowest BCUT2D eigenvalue weighted by atomic mass is 10.5. The van der Waals surface area contributed by atoms with Gasteiger partial charge in [-0.25, -0.2) is 0 Å². The Morgan fingerprint density at radius 3 is 3.00 bits per heavy atom. The molecule has 0 amide bonds. The van der Waals surface area contributed by atoms with Gasteiger partial charge in [0.05, 0.1) is 30.2 Å². The first kappa shape index (κ1) is 11.7. The van der Waals surface area contributed by atoms with Gasteiger partial charge in [0.25, 0.3) is 0 Å². The van der Waals surface area contributed by atoms with Crippen LogP contribution in [-0.2, 0) is 6.54 Å². The smallest absolute Gasteiger partial charge is 0.389 e. The number of hydrogen-bond acceptors (Lipinski definition) is 5. The van der Waals surface area contributed by atoms with E-state index >= 15 is 0 Å². The Bertz CT molecular complexity index is 520. The highest BCUT2D eigenvalue weighted by Crippen LogP contribution is 2.23. The minimum absolute atomic E-state index is 0.116. The first-order valence-corrected chi connectivity index (χ1v) is 6.00. The van der Waals surface area contributed by atoms with E-state index in [0.717, 1.165) is 16.4 Å². The van der Waals surface area contributed by atoms with Crippen LogP contribution in [-0.4, -0.2) is 20.5 Å². The van der Waals surface area contributed by atoms with Gasteiger partial charge in [0.15, 0.2) is 0 Å². The van der Waals surface area contributed by atoms with E-state index in [1.54, 1.807) is 28.9 Å². The van der Waals surface area contributed by atoms with Crippen molar-refractivity contribution in [1.82, 2.24) is 9.78 Å². The number of furan rings is 1. The van der Waals surface area contributed by atoms with Gasteiger partial charge in [-0.1, -0.05) is 0 Å². The maximum Gasteiger partial charge on any atom is 0.389 e. The van der Waals surface area contributed by atoms with E-state index in [1.807, 2.05) is 13.0 Å². The lowest BCUT2D eigenvalue weighted by molar-refractivity contribution is -0.389. The predicted octanol–water partition coefficient (Wildman–Crippen LogP) is 2.49. The molecule has 0 unspecified atom stereocenters. The second-order valence-corrected chi connectivity index (χ2v) is 4.52. The van der Waals surface area contributed by atoms with Crippen LogP contribution in [0, 0.1) is 17.0 Å². The fraction of sp³-hybridized carbons (Fsp3) is 0.300. The Morgan fingerprint density at radius 2 is 2.41 bits per heavy atom. The highest BCUT2D eigenvalue weighted by atomic mass is 32.2. The van der Waals surface area contributed by atoms with Crippen molar-refractivity contribution in [2.24, 2.45) is 0 Å². The Labute approximate surface area is 102 Å². The van der Waals surface area contributed by atoms with Gasteiger partial charge in [0, 0.05) is 10.6 Å². The summed E-state index contributed by atoms with van der Waals surface area (Å²) in [6.07, 6.45) is 3.26. The fourth-order valence-corrected chi connectivity index (χ4v) is 2.25. The molecule has 0 atom stereocenters. The molecule has 0 aliphatic rings. The number of thioether (sulfide) groups is 1. The average Bonchev–Trinajstić information content (AvgIpc) is 2.89. The van der Waals surface area contributed by atoms with Crippen LogP contribution in [0.3, 0.4) is 0 Å². The zero-order valence-electron chi connectivity index (χ0n) is 9.20. The van der Waals surface area contributed by atoms with Crippen molar-refractivity contribution >= 4 is 17.6 Å². The van der Waals surface area contributed by atoms with E-state index in [0.29, 0.717) is 6.54 Å². The lowest BCUT2D eigenvalue weighted by Crippen LogP contribution is -2.01. The highest BCUT2D eigenvalue weighted by Gasteiger charge is 2.10. The van der Waals surface area contributed by atoms with Crippen LogP contribution in [0.15, 0.2) is 33.9 Å². The maximum absolute atomic E-state index is 10.4. The number of nitrogens with zero attached hydrogens (tertiary/aromatic N) is 3. The predicted molar refractivity (Wildman–Crippen MR) is 63.1 cm³/mol. The molecule has 17 heavy (non-hydrogen) atoms. The molecule has 2 heterocycles. The van der Waals surface area contributed by atoms with E-state index in [-0.39, 0.29) is 5.82 Å². The minimum atomic E-state index is -0.496. The van der Waals surface area contributed by atoms with Crippen LogP contribution in [0.1, 0.15) is 5.76 Å². The molecular weight excluding hydrogens is 242 g/mol. The molecule has 0 aliphatic heterocycles. The summed E-state index contributed by atoms with van der Waals surface area (Å²) < 4.78 is 6.74. The molecule has 0 radical (unpaired) electrons. The number of aromatic nitrogens is 2. The molecule has 2 rings (SSSR count). The molecular formula is C10H11N3O3S. The molecule has 0 spiro atoms. The summed E-state index contributed by atoms with van der Waals surface area (Å²) in [4.78, 5) is 11.0. The van der Waals surface area contributed by atoms with Crippen LogP contribution in [0.5, 0.6) is 0 Å². The molecule has 0 bridgehead atoms. The molecule has 0 fully saturated rings. The zero-order valence-corrected chi connectivity index (χ0v) is 10.0. The number of hydrogen-bond donors (Lipinski definition) is 0. The molecule has 0 N–H and O–H groups in total. The number of rotatable bonds is 5. The minimum Gasteiger partial charge on any atom is -0.468 e. The van der Waals surface area contributed by atoms with Gasteiger partial charge in [0.1, 0.15) is 5.76 Å². The van der Waals surface area contributed by atoms with E-state index in [1.165, 1.54) is 6.07 Å². The SMILES string of the molecule is Cc1occc1SCCn1ccc([N+](=O)[O-])n1. The van der Waals surface area contributed by atoms with Crippen molar-refractivity contribution in [1.29, 1.82) is 0 Å². The largest absolute Gasteiger partial charge is 0.468 e. The normalized spacial score (nSPS) is 10.6. The maximum atomic E-state index is 10.4. The highest BCUT2D eigenvalue weighted by molar-refractivity contribution is 7.99. The summed E-state index contributed by atoms with van der Waals surface area (Å²) in [5.41, 5.74) is 0. The lowest BCUT2D eigenvalue weighted by Gasteiger charge is -1.97. The fourth-order valence-electron chi connectivity index (χ4n) is 1.35. The van der Waals surface area contributed by atoms with Crippen molar-refractivity contribution in [2.75, 3.05) is 5.75 Å². The molecule has 0 saturated heterocycles. The van der Waals surface area contributed by atoms with Gasteiger partial charge >= 0.3 is 5.82 Å². The second-order valence-electron chi connectivity index (χ2n) is 3.38. The van der Waals surface area contributed by atoms with Gasteiger partial charge in [0.2, 0.25) is 0 Å². The monoisotopic (exact) mass is 253 g/mol. The van der Waals surface area contributed by atoms with Crippen molar-refractivity contribution in [3.8, 4) is 0 Å². The van der Waals surface area contributed by atoms with Crippen LogP contribution < -0.4 is 0 Å². The Kier molecular flexibility index (Phi) is 3.48. The van der Waals surface area contributed by atoms with Crippen LogP contribution in [0.4, 0.5) is 5.82 Å². The third kappa shape index (κ3) is 2.88. The summed E-state index contributed by atoms with van der Waals surface area (Å²) >= 11 is 1.64. The molecule has 90 valence electrons. The molecule has 7 heteroatoms. The van der Waals surface area contributed by atoms with Gasteiger partial charge in [-0.15, -0.1) is 11.8 Å². The van der Waals surface area contributed by atoms with Gasteiger partial charge in [-0.05, 0) is 17.9 Å². The molecule has 6 nitrogen and oxygen atoms in total. The van der Waals surface area contributed by atoms with Crippen LogP contribution >= 0.6 is 11.8 Å². The van der Waals surface area contributed by atoms with E-state index < -0.39 is 4.92 Å². The summed E-state index contributed by atoms with van der Waals surface area (Å²) in [6, 6.07) is 3.30. The van der Waals surface area contributed by atoms with Crippen molar-refractivity contribution in [3.05, 3.63) is 40.5 Å². The van der Waals surface area contributed by atoms with Crippen LogP contribution in [0.2, 0.25) is 0 Å². The topological polar surface area (TPSA) is 74.1 Å². The molecule has 0 aromatic carbocycles. The molecule has 0 saturated carbocycles. The van der Waals surface area contributed by atoms with Crippen molar-refractivity contribution < 1.29 is 9.34 Å². The van der Waals surface area contributed by atoms with Crippen molar-refractivity contribution in [3.63, 3.8) is 0 Å². The Balaban J connectivity index is 1.86. The van der Waals surface area contributed by atoms with E-state index in [4.69, 9.17) is 4.42 Å². The Morgan fingerprint density at radius 1 is 1.59 bits per heavy atom. The van der Waals surface area contributed by atoms with E-state index in [2.05, 4.69) is 5.10 Å².